The lowest BCUT2D eigenvalue weighted by atomic mass is 9.68. The van der Waals surface area contributed by atoms with Crippen molar-refractivity contribution in [1.29, 1.82) is 0 Å². The first-order valence-corrected chi connectivity index (χ1v) is 3.85. The summed E-state index contributed by atoms with van der Waals surface area (Å²) in [4.78, 5) is 11.9. The summed E-state index contributed by atoms with van der Waals surface area (Å²) < 4.78 is 0. The maximum absolute atomic E-state index is 10.4. The molecule has 62 valence electrons. The van der Waals surface area contributed by atoms with E-state index in [0.29, 0.717) is 11.5 Å². The highest BCUT2D eigenvalue weighted by molar-refractivity contribution is 5.66. The molecule has 4 heteroatoms. The van der Waals surface area contributed by atoms with Gasteiger partial charge in [0, 0.05) is 31.1 Å². The molecule has 2 saturated heterocycles. The number of hydrogen-bond donors (Lipinski definition) is 2. The summed E-state index contributed by atoms with van der Waals surface area (Å²) >= 11 is 0. The van der Waals surface area contributed by atoms with Crippen molar-refractivity contribution in [1.82, 2.24) is 10.2 Å². The van der Waals surface area contributed by atoms with Crippen LogP contribution in [0.15, 0.2) is 0 Å². The van der Waals surface area contributed by atoms with E-state index in [1.54, 1.807) is 0 Å². The van der Waals surface area contributed by atoms with Gasteiger partial charge in [-0.3, -0.25) is 0 Å². The number of rotatable bonds is 0. The number of carboxylic acid groups (broad SMARTS) is 1. The second kappa shape index (κ2) is 1.88. The Morgan fingerprint density at radius 2 is 2.36 bits per heavy atom. The van der Waals surface area contributed by atoms with Crippen LogP contribution in [-0.2, 0) is 0 Å². The van der Waals surface area contributed by atoms with Gasteiger partial charge in [-0.1, -0.05) is 0 Å². The molecule has 2 N–H and O–H groups in total. The maximum Gasteiger partial charge on any atom is 0.407 e. The Kier molecular flexibility index (Phi) is 1.18. The molecule has 2 fully saturated rings. The Morgan fingerprint density at radius 3 is 2.64 bits per heavy atom. The molecule has 0 aliphatic carbocycles. The molecule has 0 unspecified atom stereocenters. The summed E-state index contributed by atoms with van der Waals surface area (Å²) in [6.45, 7) is 4.54. The first-order chi connectivity index (χ1) is 5.14. The molecule has 1 atom stereocenters. The minimum absolute atomic E-state index is 0.290. The van der Waals surface area contributed by atoms with Crippen LogP contribution >= 0.6 is 0 Å². The third-order valence-corrected chi connectivity index (χ3v) is 2.96. The molecule has 4 nitrogen and oxygen atoms in total. The second-order valence-corrected chi connectivity index (χ2v) is 3.60. The molecule has 2 rings (SSSR count). The normalized spacial score (nSPS) is 32.8. The van der Waals surface area contributed by atoms with Gasteiger partial charge in [-0.25, -0.2) is 4.79 Å². The zero-order valence-corrected chi connectivity index (χ0v) is 6.50. The van der Waals surface area contributed by atoms with Crippen molar-refractivity contribution in [3.05, 3.63) is 0 Å². The van der Waals surface area contributed by atoms with Gasteiger partial charge < -0.3 is 15.3 Å². The van der Waals surface area contributed by atoms with Crippen LogP contribution in [0.25, 0.3) is 0 Å². The van der Waals surface area contributed by atoms with Crippen molar-refractivity contribution in [3.8, 4) is 0 Å². The zero-order valence-electron chi connectivity index (χ0n) is 6.50. The van der Waals surface area contributed by atoms with Crippen molar-refractivity contribution in [2.75, 3.05) is 19.6 Å². The standard InChI is InChI=1S/C7H12N2O2/c1-5-7(2-8-5)3-9(4-7)6(10)11/h5,8H,2-4H2,1H3,(H,10,11)/t5-/m1/s1. The molecule has 2 heterocycles. The van der Waals surface area contributed by atoms with Crippen molar-refractivity contribution in [2.24, 2.45) is 5.41 Å². The molecule has 2 aliphatic heterocycles. The van der Waals surface area contributed by atoms with E-state index in [9.17, 15) is 4.79 Å². The van der Waals surface area contributed by atoms with Crippen LogP contribution in [0, 0.1) is 5.41 Å². The number of likely N-dealkylation sites (tertiary alicyclic amines) is 1. The highest BCUT2D eigenvalue weighted by atomic mass is 16.4. The number of nitrogens with one attached hydrogen (secondary N) is 1. The Morgan fingerprint density at radius 1 is 1.73 bits per heavy atom. The van der Waals surface area contributed by atoms with Crippen molar-refractivity contribution < 1.29 is 9.90 Å². The monoisotopic (exact) mass is 156 g/mol. The van der Waals surface area contributed by atoms with Gasteiger partial charge in [0.15, 0.2) is 0 Å². The van der Waals surface area contributed by atoms with E-state index < -0.39 is 6.09 Å². The minimum atomic E-state index is -0.783. The number of hydrogen-bond acceptors (Lipinski definition) is 2. The van der Waals surface area contributed by atoms with Crippen molar-refractivity contribution in [2.45, 2.75) is 13.0 Å². The van der Waals surface area contributed by atoms with E-state index >= 15 is 0 Å². The lowest BCUT2D eigenvalue weighted by Gasteiger charge is -2.59. The third-order valence-electron chi connectivity index (χ3n) is 2.96. The second-order valence-electron chi connectivity index (χ2n) is 3.60. The molecule has 0 radical (unpaired) electrons. The molecule has 11 heavy (non-hydrogen) atoms. The van der Waals surface area contributed by atoms with E-state index in [4.69, 9.17) is 5.11 Å². The third kappa shape index (κ3) is 0.758. The van der Waals surface area contributed by atoms with E-state index in [2.05, 4.69) is 12.2 Å². The van der Waals surface area contributed by atoms with Gasteiger partial charge in [0.2, 0.25) is 0 Å². The summed E-state index contributed by atoms with van der Waals surface area (Å²) in [5, 5.41) is 11.8. The predicted molar refractivity (Wildman–Crippen MR) is 39.5 cm³/mol. The molecule has 1 spiro atoms. The molecule has 1 amide bonds. The van der Waals surface area contributed by atoms with Crippen LogP contribution in [0.2, 0.25) is 0 Å². The molecular formula is C7H12N2O2. The van der Waals surface area contributed by atoms with Crippen LogP contribution in [0.4, 0.5) is 4.79 Å². The van der Waals surface area contributed by atoms with E-state index in [-0.39, 0.29) is 0 Å². The largest absolute Gasteiger partial charge is 0.465 e. The lowest BCUT2D eigenvalue weighted by Crippen LogP contribution is -2.76. The van der Waals surface area contributed by atoms with Gasteiger partial charge in [-0.05, 0) is 6.92 Å². The Labute approximate surface area is 65.2 Å². The predicted octanol–water partition coefficient (Wildman–Crippen LogP) is -0.0419. The number of carbonyl (C=O) groups is 1. The lowest BCUT2D eigenvalue weighted by molar-refractivity contribution is -0.0595. The first-order valence-electron chi connectivity index (χ1n) is 3.85. The average molecular weight is 156 g/mol. The van der Waals surface area contributed by atoms with Gasteiger partial charge in [-0.15, -0.1) is 0 Å². The fourth-order valence-electron chi connectivity index (χ4n) is 1.83. The molecular weight excluding hydrogens is 144 g/mol. The fourth-order valence-corrected chi connectivity index (χ4v) is 1.83. The fraction of sp³-hybridized carbons (Fsp3) is 0.857. The van der Waals surface area contributed by atoms with Gasteiger partial charge >= 0.3 is 6.09 Å². The van der Waals surface area contributed by atoms with Gasteiger partial charge in [0.1, 0.15) is 0 Å². The van der Waals surface area contributed by atoms with E-state index in [1.165, 1.54) is 4.90 Å². The smallest absolute Gasteiger partial charge is 0.407 e. The summed E-state index contributed by atoms with van der Waals surface area (Å²) in [6.07, 6.45) is -0.783. The highest BCUT2D eigenvalue weighted by Crippen LogP contribution is 2.38. The summed E-state index contributed by atoms with van der Waals surface area (Å²) in [6, 6.07) is 0.498. The molecule has 0 aromatic heterocycles. The van der Waals surface area contributed by atoms with Gasteiger partial charge in [-0.2, -0.15) is 0 Å². The number of nitrogens with zero attached hydrogens (tertiary/aromatic N) is 1. The highest BCUT2D eigenvalue weighted by Gasteiger charge is 2.54. The van der Waals surface area contributed by atoms with E-state index in [0.717, 1.165) is 19.6 Å². The van der Waals surface area contributed by atoms with Crippen LogP contribution < -0.4 is 5.32 Å². The van der Waals surface area contributed by atoms with Crippen LogP contribution in [0.1, 0.15) is 6.92 Å². The van der Waals surface area contributed by atoms with Crippen LogP contribution in [0.5, 0.6) is 0 Å². The molecule has 0 aromatic carbocycles. The van der Waals surface area contributed by atoms with Gasteiger partial charge in [0.25, 0.3) is 0 Å². The molecule has 0 saturated carbocycles. The van der Waals surface area contributed by atoms with Crippen molar-refractivity contribution in [3.63, 3.8) is 0 Å². The Bertz CT molecular complexity index is 199. The van der Waals surface area contributed by atoms with Crippen LogP contribution in [-0.4, -0.2) is 41.8 Å². The minimum Gasteiger partial charge on any atom is -0.465 e. The molecule has 2 aliphatic rings. The quantitative estimate of drug-likeness (QED) is 0.517. The zero-order chi connectivity index (χ0) is 8.06. The first kappa shape index (κ1) is 6.91. The van der Waals surface area contributed by atoms with Crippen LogP contribution in [0.3, 0.4) is 0 Å². The summed E-state index contributed by atoms with van der Waals surface area (Å²) in [5.41, 5.74) is 0.290. The maximum atomic E-state index is 10.4. The summed E-state index contributed by atoms with van der Waals surface area (Å²) in [5.74, 6) is 0. The van der Waals surface area contributed by atoms with Crippen molar-refractivity contribution >= 4 is 6.09 Å². The number of amides is 1. The Hall–Kier alpha value is -0.770. The SMILES string of the molecule is C[C@H]1NCC12CN(C(=O)O)C2. The topological polar surface area (TPSA) is 52.6 Å². The molecule has 0 bridgehead atoms. The average Bonchev–Trinajstić information content (AvgIpc) is 1.81. The van der Waals surface area contributed by atoms with Gasteiger partial charge in [0.05, 0.1) is 0 Å². The van der Waals surface area contributed by atoms with E-state index in [1.807, 2.05) is 0 Å². The Balaban J connectivity index is 1.92. The molecule has 0 aromatic rings. The summed E-state index contributed by atoms with van der Waals surface area (Å²) in [7, 11) is 0.